The maximum Gasteiger partial charge on any atom is 0.224 e. The van der Waals surface area contributed by atoms with Crippen molar-refractivity contribution in [3.8, 4) is 11.5 Å². The van der Waals surface area contributed by atoms with Crippen molar-refractivity contribution < 1.29 is 14.3 Å². The molecule has 1 aliphatic rings. The molecule has 1 aromatic carbocycles. The van der Waals surface area contributed by atoms with Crippen LogP contribution < -0.4 is 14.8 Å². The zero-order valence-corrected chi connectivity index (χ0v) is 11.3. The largest absolute Gasteiger partial charge is 0.497 e. The number of allylic oxidation sites excluding steroid dienone is 2. The van der Waals surface area contributed by atoms with E-state index in [9.17, 15) is 4.79 Å². The van der Waals surface area contributed by atoms with E-state index < -0.39 is 0 Å². The highest BCUT2D eigenvalue weighted by molar-refractivity contribution is 5.91. The van der Waals surface area contributed by atoms with Gasteiger partial charge in [0.05, 0.1) is 14.2 Å². The molecule has 4 heteroatoms. The van der Waals surface area contributed by atoms with Gasteiger partial charge in [0.25, 0.3) is 0 Å². The fourth-order valence-electron chi connectivity index (χ4n) is 2.20. The molecule has 0 aromatic heterocycles. The molecule has 0 radical (unpaired) electrons. The lowest BCUT2D eigenvalue weighted by atomic mass is 10.1. The lowest BCUT2D eigenvalue weighted by Crippen LogP contribution is -2.14. The molecule has 1 amide bonds. The minimum Gasteiger partial charge on any atom is -0.497 e. The normalized spacial score (nSPS) is 17.3. The Kier molecular flexibility index (Phi) is 4.44. The van der Waals surface area contributed by atoms with Gasteiger partial charge in [-0.3, -0.25) is 4.79 Å². The van der Waals surface area contributed by atoms with E-state index in [0.29, 0.717) is 29.5 Å². The Labute approximate surface area is 113 Å². The molecule has 102 valence electrons. The minimum atomic E-state index is 0.0202. The summed E-state index contributed by atoms with van der Waals surface area (Å²) in [4.78, 5) is 11.9. The number of hydrogen-bond acceptors (Lipinski definition) is 3. The first-order valence-corrected chi connectivity index (χ1v) is 6.41. The highest BCUT2D eigenvalue weighted by atomic mass is 16.5. The van der Waals surface area contributed by atoms with Crippen molar-refractivity contribution in [1.29, 1.82) is 0 Å². The van der Waals surface area contributed by atoms with Crippen LogP contribution in [0.25, 0.3) is 0 Å². The Morgan fingerprint density at radius 2 is 1.95 bits per heavy atom. The fourth-order valence-corrected chi connectivity index (χ4v) is 2.20. The van der Waals surface area contributed by atoms with Crippen LogP contribution in [0.15, 0.2) is 30.4 Å². The van der Waals surface area contributed by atoms with Crippen molar-refractivity contribution in [3.63, 3.8) is 0 Å². The molecule has 2 rings (SSSR count). The molecule has 1 aliphatic carbocycles. The van der Waals surface area contributed by atoms with Crippen LogP contribution in [0, 0.1) is 5.92 Å². The molecular weight excluding hydrogens is 242 g/mol. The highest BCUT2D eigenvalue weighted by Crippen LogP contribution is 2.26. The molecule has 0 heterocycles. The van der Waals surface area contributed by atoms with Gasteiger partial charge >= 0.3 is 0 Å². The molecule has 0 saturated carbocycles. The van der Waals surface area contributed by atoms with E-state index in [1.165, 1.54) is 0 Å². The van der Waals surface area contributed by atoms with E-state index in [1.54, 1.807) is 32.4 Å². The summed E-state index contributed by atoms with van der Waals surface area (Å²) >= 11 is 0. The van der Waals surface area contributed by atoms with Gasteiger partial charge < -0.3 is 14.8 Å². The highest BCUT2D eigenvalue weighted by Gasteiger charge is 2.14. The van der Waals surface area contributed by atoms with Crippen LogP contribution in [0.4, 0.5) is 5.69 Å². The Bertz CT molecular complexity index is 460. The zero-order valence-electron chi connectivity index (χ0n) is 11.3. The first kappa shape index (κ1) is 13.5. The summed E-state index contributed by atoms with van der Waals surface area (Å²) < 4.78 is 10.3. The number of anilines is 1. The number of hydrogen-bond donors (Lipinski definition) is 1. The van der Waals surface area contributed by atoms with Gasteiger partial charge in [-0.2, -0.15) is 0 Å². The van der Waals surface area contributed by atoms with Crippen molar-refractivity contribution in [1.82, 2.24) is 0 Å². The number of benzene rings is 1. The lowest BCUT2D eigenvalue weighted by molar-refractivity contribution is -0.116. The number of amides is 1. The molecule has 0 bridgehead atoms. The maximum absolute atomic E-state index is 11.9. The smallest absolute Gasteiger partial charge is 0.224 e. The third kappa shape index (κ3) is 3.74. The number of ether oxygens (including phenoxy) is 2. The van der Waals surface area contributed by atoms with Crippen LogP contribution in [-0.2, 0) is 4.79 Å². The molecule has 0 aliphatic heterocycles. The summed E-state index contributed by atoms with van der Waals surface area (Å²) in [6.07, 6.45) is 6.91. The number of carbonyl (C=O) groups is 1. The van der Waals surface area contributed by atoms with E-state index >= 15 is 0 Å². The van der Waals surface area contributed by atoms with Gasteiger partial charge in [-0.05, 0) is 18.8 Å². The van der Waals surface area contributed by atoms with Gasteiger partial charge in [0.1, 0.15) is 11.5 Å². The van der Waals surface area contributed by atoms with E-state index in [4.69, 9.17) is 9.47 Å². The van der Waals surface area contributed by atoms with Crippen molar-refractivity contribution in [3.05, 3.63) is 30.4 Å². The van der Waals surface area contributed by atoms with Gasteiger partial charge in [-0.25, -0.2) is 0 Å². The van der Waals surface area contributed by atoms with Gasteiger partial charge in [-0.1, -0.05) is 12.2 Å². The van der Waals surface area contributed by atoms with E-state index in [0.717, 1.165) is 12.8 Å². The Balaban J connectivity index is 2.00. The third-order valence-corrected chi connectivity index (χ3v) is 3.20. The zero-order chi connectivity index (χ0) is 13.7. The van der Waals surface area contributed by atoms with Crippen LogP contribution in [0.5, 0.6) is 11.5 Å². The standard InChI is InChI=1S/C15H19NO3/c1-18-13-8-12(9-14(10-13)19-2)16-15(17)7-11-5-3-4-6-11/h3,5,8-11H,4,6-7H2,1-2H3,(H,16,17)/t11-/m0/s1. The average Bonchev–Trinajstić information content (AvgIpc) is 2.90. The number of carbonyl (C=O) groups excluding carboxylic acids is 1. The van der Waals surface area contributed by atoms with E-state index in [1.807, 2.05) is 0 Å². The van der Waals surface area contributed by atoms with Crippen LogP contribution >= 0.6 is 0 Å². The first-order chi connectivity index (χ1) is 9.21. The van der Waals surface area contributed by atoms with Crippen molar-refractivity contribution in [2.45, 2.75) is 19.3 Å². The van der Waals surface area contributed by atoms with Crippen molar-refractivity contribution in [2.24, 2.45) is 5.92 Å². The molecular formula is C15H19NO3. The summed E-state index contributed by atoms with van der Waals surface area (Å²) in [5.41, 5.74) is 0.697. The predicted octanol–water partition coefficient (Wildman–Crippen LogP) is 3.00. The Morgan fingerprint density at radius 3 is 2.47 bits per heavy atom. The molecule has 4 nitrogen and oxygen atoms in total. The summed E-state index contributed by atoms with van der Waals surface area (Å²) in [5, 5.41) is 2.89. The molecule has 0 fully saturated rings. The summed E-state index contributed by atoms with van der Waals surface area (Å²) in [6.45, 7) is 0. The topological polar surface area (TPSA) is 47.6 Å². The maximum atomic E-state index is 11.9. The number of methoxy groups -OCH3 is 2. The second kappa shape index (κ2) is 6.27. The summed E-state index contributed by atoms with van der Waals surface area (Å²) in [7, 11) is 3.17. The molecule has 0 unspecified atom stereocenters. The summed E-state index contributed by atoms with van der Waals surface area (Å²) in [5.74, 6) is 1.71. The molecule has 0 spiro atoms. The number of rotatable bonds is 5. The minimum absolute atomic E-state index is 0.0202. The van der Waals surface area contributed by atoms with Gasteiger partial charge in [0.15, 0.2) is 0 Å². The van der Waals surface area contributed by atoms with E-state index in [-0.39, 0.29) is 5.91 Å². The molecule has 0 saturated heterocycles. The third-order valence-electron chi connectivity index (χ3n) is 3.20. The lowest BCUT2D eigenvalue weighted by Gasteiger charge is -2.11. The quantitative estimate of drug-likeness (QED) is 0.829. The number of nitrogens with one attached hydrogen (secondary N) is 1. The first-order valence-electron chi connectivity index (χ1n) is 6.41. The SMILES string of the molecule is COc1cc(NC(=O)C[C@H]2C=CCC2)cc(OC)c1. The fraction of sp³-hybridized carbons (Fsp3) is 0.400. The molecule has 1 N–H and O–H groups in total. The molecule has 1 atom stereocenters. The van der Waals surface area contributed by atoms with Crippen LogP contribution in [0.1, 0.15) is 19.3 Å². The van der Waals surface area contributed by atoms with Crippen LogP contribution in [0.3, 0.4) is 0 Å². The van der Waals surface area contributed by atoms with Crippen LogP contribution in [-0.4, -0.2) is 20.1 Å². The van der Waals surface area contributed by atoms with Gasteiger partial charge in [0.2, 0.25) is 5.91 Å². The Morgan fingerprint density at radius 1 is 1.26 bits per heavy atom. The van der Waals surface area contributed by atoms with E-state index in [2.05, 4.69) is 17.5 Å². The van der Waals surface area contributed by atoms with Gasteiger partial charge in [-0.15, -0.1) is 0 Å². The average molecular weight is 261 g/mol. The monoisotopic (exact) mass is 261 g/mol. The second-order valence-electron chi connectivity index (χ2n) is 4.62. The van der Waals surface area contributed by atoms with Gasteiger partial charge in [0, 0.05) is 30.3 Å². The van der Waals surface area contributed by atoms with Crippen molar-refractivity contribution in [2.75, 3.05) is 19.5 Å². The summed E-state index contributed by atoms with van der Waals surface area (Å²) in [6, 6.07) is 5.34. The Hall–Kier alpha value is -1.97. The molecule has 19 heavy (non-hydrogen) atoms. The molecule has 1 aromatic rings. The predicted molar refractivity (Wildman–Crippen MR) is 74.7 cm³/mol. The van der Waals surface area contributed by atoms with Crippen LogP contribution in [0.2, 0.25) is 0 Å². The van der Waals surface area contributed by atoms with Crippen molar-refractivity contribution >= 4 is 11.6 Å². The second-order valence-corrected chi connectivity index (χ2v) is 4.62.